The van der Waals surface area contributed by atoms with Crippen LogP contribution >= 0.6 is 32.3 Å². The molecule has 0 bridgehead atoms. The van der Waals surface area contributed by atoms with E-state index in [9.17, 15) is 4.79 Å². The molecule has 1 rings (SSSR count). The molecule has 0 atom stereocenters. The molecule has 11 heavy (non-hydrogen) atoms. The Hall–Kier alpha value is -0.200. The Balaban J connectivity index is 3.07. The normalized spacial score (nSPS) is 9.91. The van der Waals surface area contributed by atoms with Gasteiger partial charge in [0.15, 0.2) is 5.75 Å². The van der Waals surface area contributed by atoms with Crippen LogP contribution in [0.15, 0.2) is 26.6 Å². The molecule has 0 aliphatic carbocycles. The van der Waals surface area contributed by atoms with Gasteiger partial charge in [0.25, 0.3) is 0 Å². The van der Waals surface area contributed by atoms with Crippen LogP contribution in [-0.4, -0.2) is 5.11 Å². The van der Waals surface area contributed by atoms with Crippen molar-refractivity contribution in [1.29, 1.82) is 0 Å². The maximum Gasteiger partial charge on any atom is 0.240 e. The van der Waals surface area contributed by atoms with E-state index in [0.29, 0.717) is 4.90 Å². The molecule has 0 radical (unpaired) electrons. The third kappa shape index (κ3) is 2.11. The van der Waals surface area contributed by atoms with E-state index in [2.05, 4.69) is 16.1 Å². The van der Waals surface area contributed by atoms with Gasteiger partial charge in [-0.3, -0.25) is 4.79 Å². The minimum absolute atomic E-state index is 0.338. The summed E-state index contributed by atoms with van der Waals surface area (Å²) in [5.41, 5.74) is -0.428. The van der Waals surface area contributed by atoms with Gasteiger partial charge in [-0.15, -0.1) is 0 Å². The van der Waals surface area contributed by atoms with Crippen molar-refractivity contribution in [1.82, 2.24) is 0 Å². The van der Waals surface area contributed by atoms with Gasteiger partial charge in [-0.05, 0) is 20.6 Å². The van der Waals surface area contributed by atoms with E-state index in [1.54, 1.807) is 0 Å². The summed E-state index contributed by atoms with van der Waals surface area (Å²) in [7, 11) is 2.25. The van der Waals surface area contributed by atoms with Crippen molar-refractivity contribution in [2.45, 2.75) is 4.90 Å². The van der Waals surface area contributed by atoms with Crippen LogP contribution in [0.5, 0.6) is 5.75 Å². The number of thiol groups is 1. The Bertz CT molecular complexity index is 295. The maximum atomic E-state index is 11.0. The molecular weight excluding hydrogens is 204 g/mol. The van der Waals surface area contributed by atoms with Gasteiger partial charge < -0.3 is 9.52 Å². The third-order valence-corrected chi connectivity index (χ3v) is 2.91. The molecule has 1 N–H and O–H groups in total. The first-order valence-electron chi connectivity index (χ1n) is 2.53. The zero-order valence-electron chi connectivity index (χ0n) is 5.18. The Labute approximate surface area is 75.4 Å². The second-order valence-corrected chi connectivity index (χ2v) is 4.65. The lowest BCUT2D eigenvalue weighted by atomic mass is 10.5. The van der Waals surface area contributed by atoms with Gasteiger partial charge in [0.1, 0.15) is 17.4 Å². The Morgan fingerprint density at radius 3 is 2.91 bits per heavy atom. The van der Waals surface area contributed by atoms with Gasteiger partial charge in [0.05, 0.1) is 0 Å². The average molecular weight is 208 g/mol. The van der Waals surface area contributed by atoms with E-state index in [-0.39, 0.29) is 5.75 Å². The Kier molecular flexibility index (Phi) is 3.22. The van der Waals surface area contributed by atoms with Gasteiger partial charge in [0, 0.05) is 0 Å². The molecule has 0 amide bonds. The minimum Gasteiger partial charge on any atom is -0.502 e. The van der Waals surface area contributed by atoms with Crippen molar-refractivity contribution in [2.75, 3.05) is 0 Å². The highest BCUT2D eigenvalue weighted by Crippen LogP contribution is 2.31. The monoisotopic (exact) mass is 208 g/mol. The van der Waals surface area contributed by atoms with E-state index in [1.165, 1.54) is 6.26 Å². The molecule has 1 aromatic heterocycles. The molecule has 0 unspecified atom stereocenters. The predicted octanol–water partition coefficient (Wildman–Crippen LogP) is 1.93. The minimum atomic E-state index is -0.428. The molecule has 3 nitrogen and oxygen atoms in total. The van der Waals surface area contributed by atoms with E-state index < -0.39 is 5.43 Å². The fourth-order valence-electron chi connectivity index (χ4n) is 0.491. The van der Waals surface area contributed by atoms with E-state index in [1.807, 2.05) is 0 Å². The lowest BCUT2D eigenvalue weighted by Crippen LogP contribution is -2.00. The summed E-state index contributed by atoms with van der Waals surface area (Å²) in [5, 5.41) is 8.87. The first-order valence-corrected chi connectivity index (χ1v) is 5.73. The van der Waals surface area contributed by atoms with E-state index >= 15 is 0 Å². The number of hydrogen-bond donors (Lipinski definition) is 2. The predicted molar refractivity (Wildman–Crippen MR) is 49.1 cm³/mol. The van der Waals surface area contributed by atoms with Crippen LogP contribution in [0, 0.1) is 0 Å². The molecule has 1 aromatic rings. The summed E-state index contributed by atoms with van der Waals surface area (Å²) in [6.07, 6.45) is 2.27. The molecule has 60 valence electrons. The maximum absolute atomic E-state index is 11.0. The number of hydrogen-bond acceptors (Lipinski definition) is 6. The lowest BCUT2D eigenvalue weighted by Gasteiger charge is -1.93. The topological polar surface area (TPSA) is 50.4 Å². The van der Waals surface area contributed by atoms with Crippen LogP contribution in [0.25, 0.3) is 0 Å². The Morgan fingerprint density at radius 1 is 1.55 bits per heavy atom. The standard InChI is InChI=1S/C5H4O3S3/c6-3-1-8-2-4(5(3)7)10-11-9/h1-2,6,9H. The third-order valence-electron chi connectivity index (χ3n) is 0.938. The van der Waals surface area contributed by atoms with Crippen LogP contribution in [-0.2, 0) is 0 Å². The zero-order chi connectivity index (χ0) is 8.27. The summed E-state index contributed by atoms with van der Waals surface area (Å²) in [4.78, 5) is 11.3. The SMILES string of the molecule is O=c1c(O)cocc1SSS. The molecule has 1 heterocycles. The molecule has 0 aromatic carbocycles. The van der Waals surface area contributed by atoms with Crippen LogP contribution in [0.3, 0.4) is 0 Å². The summed E-state index contributed by atoms with van der Waals surface area (Å²) in [5.74, 6) is -0.377. The largest absolute Gasteiger partial charge is 0.502 e. The number of rotatable bonds is 2. The molecule has 0 aliphatic rings. The van der Waals surface area contributed by atoms with Gasteiger partial charge in [-0.2, -0.15) is 0 Å². The van der Waals surface area contributed by atoms with Crippen LogP contribution in [0.2, 0.25) is 0 Å². The molecule has 0 saturated heterocycles. The Morgan fingerprint density at radius 2 is 2.27 bits per heavy atom. The van der Waals surface area contributed by atoms with Crippen molar-refractivity contribution >= 4 is 32.3 Å². The van der Waals surface area contributed by atoms with Crippen molar-refractivity contribution in [3.05, 3.63) is 22.7 Å². The smallest absolute Gasteiger partial charge is 0.240 e. The van der Waals surface area contributed by atoms with E-state index in [0.717, 1.165) is 26.9 Å². The molecule has 6 heteroatoms. The molecule has 0 spiro atoms. The first kappa shape index (κ1) is 8.89. The molecular formula is C5H4O3S3. The second kappa shape index (κ2) is 3.99. The summed E-state index contributed by atoms with van der Waals surface area (Å²) < 4.78 is 4.65. The summed E-state index contributed by atoms with van der Waals surface area (Å²) >= 11 is 3.83. The summed E-state index contributed by atoms with van der Waals surface area (Å²) in [6, 6.07) is 0. The first-order chi connectivity index (χ1) is 5.25. The lowest BCUT2D eigenvalue weighted by molar-refractivity contribution is 0.422. The molecule has 0 aliphatic heterocycles. The van der Waals surface area contributed by atoms with E-state index in [4.69, 9.17) is 5.11 Å². The van der Waals surface area contributed by atoms with Crippen LogP contribution in [0.4, 0.5) is 0 Å². The van der Waals surface area contributed by atoms with Crippen LogP contribution < -0.4 is 5.43 Å². The van der Waals surface area contributed by atoms with Gasteiger partial charge in [-0.1, -0.05) is 11.7 Å². The fraction of sp³-hybridized carbons (Fsp3) is 0. The second-order valence-electron chi connectivity index (χ2n) is 1.61. The fourth-order valence-corrected chi connectivity index (χ4v) is 2.16. The highest BCUT2D eigenvalue weighted by molar-refractivity contribution is 9.05. The van der Waals surface area contributed by atoms with Crippen molar-refractivity contribution in [3.63, 3.8) is 0 Å². The van der Waals surface area contributed by atoms with Gasteiger partial charge in [0.2, 0.25) is 5.43 Å². The zero-order valence-corrected chi connectivity index (χ0v) is 7.71. The van der Waals surface area contributed by atoms with Crippen molar-refractivity contribution < 1.29 is 9.52 Å². The summed E-state index contributed by atoms with van der Waals surface area (Å²) in [6.45, 7) is 0. The number of aromatic hydroxyl groups is 1. The molecule has 0 fully saturated rings. The molecule has 0 saturated carbocycles. The van der Waals surface area contributed by atoms with Crippen molar-refractivity contribution in [2.24, 2.45) is 0 Å². The highest BCUT2D eigenvalue weighted by Gasteiger charge is 2.04. The quantitative estimate of drug-likeness (QED) is 0.574. The van der Waals surface area contributed by atoms with Crippen molar-refractivity contribution in [3.8, 4) is 5.75 Å². The highest BCUT2D eigenvalue weighted by atomic mass is 33.5. The van der Waals surface area contributed by atoms with Gasteiger partial charge >= 0.3 is 0 Å². The average Bonchev–Trinajstić information content (AvgIpc) is 1.99. The van der Waals surface area contributed by atoms with Crippen LogP contribution in [0.1, 0.15) is 0 Å². The van der Waals surface area contributed by atoms with Gasteiger partial charge in [-0.25, -0.2) is 0 Å².